The quantitative estimate of drug-likeness (QED) is 0.309. The zero-order chi connectivity index (χ0) is 35.6. The van der Waals surface area contributed by atoms with Crippen LogP contribution in [0.4, 0.5) is 0 Å². The summed E-state index contributed by atoms with van der Waals surface area (Å²) in [5, 5.41) is 37.6. The molecule has 284 valence electrons. The monoisotopic (exact) mass is 701 g/mol. The van der Waals surface area contributed by atoms with Crippen LogP contribution in [0.25, 0.3) is 0 Å². The maximum atomic E-state index is 13.3. The number of hydrogen-bond acceptors (Lipinski definition) is 8. The van der Waals surface area contributed by atoms with E-state index in [1.165, 1.54) is 12.8 Å². The van der Waals surface area contributed by atoms with Gasteiger partial charge < -0.3 is 39.7 Å². The molecule has 5 unspecified atom stereocenters. The van der Waals surface area contributed by atoms with Gasteiger partial charge in [-0.15, -0.1) is 0 Å². The molecule has 0 bridgehead atoms. The molecule has 2 spiro atoms. The number of amides is 1. The van der Waals surface area contributed by atoms with E-state index in [9.17, 15) is 20.1 Å². The van der Waals surface area contributed by atoms with Gasteiger partial charge in [0.25, 0.3) is 0 Å². The molecule has 14 atom stereocenters. The Bertz CT molecular complexity index is 1310. The molecule has 0 aromatic heterocycles. The second-order valence-corrected chi connectivity index (χ2v) is 20.3. The van der Waals surface area contributed by atoms with Gasteiger partial charge in [0.05, 0.1) is 43.2 Å². The summed E-state index contributed by atoms with van der Waals surface area (Å²) in [5.74, 6) is 2.26. The van der Waals surface area contributed by atoms with Crippen molar-refractivity contribution in [3.05, 3.63) is 0 Å². The van der Waals surface area contributed by atoms with Crippen LogP contribution in [0.3, 0.4) is 0 Å². The van der Waals surface area contributed by atoms with E-state index >= 15 is 0 Å². The van der Waals surface area contributed by atoms with Crippen LogP contribution in [0.15, 0.2) is 0 Å². The van der Waals surface area contributed by atoms with E-state index in [1.807, 2.05) is 4.90 Å². The number of carbonyl (C=O) groups excluding carboxylic acids is 1. The molecule has 5 saturated carbocycles. The number of aliphatic hydroxyl groups excluding tert-OH is 2. The van der Waals surface area contributed by atoms with E-state index in [0.29, 0.717) is 56.2 Å². The second-order valence-electron chi connectivity index (χ2n) is 20.3. The van der Waals surface area contributed by atoms with Crippen LogP contribution in [-0.2, 0) is 19.0 Å². The molecule has 1 amide bonds. The molecule has 3 saturated heterocycles. The molecule has 4 N–H and O–H groups in total. The number of piperidine rings is 1. The molecule has 3 aliphatic heterocycles. The van der Waals surface area contributed by atoms with Crippen LogP contribution in [-0.4, -0.2) is 101 Å². The molecule has 8 rings (SSSR count). The van der Waals surface area contributed by atoms with Gasteiger partial charge in [0.1, 0.15) is 6.10 Å². The molecule has 0 aromatic carbocycles. The standard InChI is InChI=1S/C41H68N2O7/c1-24-20-26(34(45)37(4,5)47)49-33-32(24)38(6)14-15-41-23-40(41)13-10-29(36(2,3)27(40)8-9-28(41)39(38,7)35(33)46)50-31-22-43(18-19-48-31)30(44)21-25-11-16-42-17-12-25/h24-29,31-35,42,45-47H,8-23H2,1-7H3/t24-,26?,27+,28+,29+,31?,32?,33?,34+,35+,38-,39-,40-,41?/m1/s1. The van der Waals surface area contributed by atoms with Crippen LogP contribution >= 0.6 is 0 Å². The van der Waals surface area contributed by atoms with Crippen LogP contribution in [0.2, 0.25) is 0 Å². The Kier molecular flexibility index (Phi) is 8.75. The van der Waals surface area contributed by atoms with Crippen LogP contribution in [0, 0.1) is 56.7 Å². The topological polar surface area (TPSA) is 121 Å². The minimum atomic E-state index is -1.26. The van der Waals surface area contributed by atoms with Gasteiger partial charge >= 0.3 is 0 Å². The highest BCUT2D eigenvalue weighted by atomic mass is 16.7. The Morgan fingerprint density at radius 3 is 2.44 bits per heavy atom. The minimum Gasteiger partial charge on any atom is -0.390 e. The maximum Gasteiger partial charge on any atom is 0.223 e. The summed E-state index contributed by atoms with van der Waals surface area (Å²) < 4.78 is 19.8. The highest BCUT2D eigenvalue weighted by Crippen LogP contribution is 2.89. The SMILES string of the molecule is C[C@@H]1CC([C@H](O)C(C)(C)O)OC2C1[C@@]1(C)CCC34C[C@@]35CC[C@H](OC3CN(C(=O)CC6CCNCC6)CCO3)C(C)(C)[C@@H]5CC[C@H]4[C@]1(C)[C@H]2O. The van der Waals surface area contributed by atoms with Crippen molar-refractivity contribution in [2.45, 2.75) is 162 Å². The van der Waals surface area contributed by atoms with E-state index in [-0.39, 0.29) is 57.4 Å². The smallest absolute Gasteiger partial charge is 0.223 e. The molecule has 3 heterocycles. The summed E-state index contributed by atoms with van der Waals surface area (Å²) in [6, 6.07) is 0. The van der Waals surface area contributed by atoms with Gasteiger partial charge in [-0.2, -0.15) is 0 Å². The zero-order valence-corrected chi connectivity index (χ0v) is 32.1. The fourth-order valence-corrected chi connectivity index (χ4v) is 14.8. The normalized spacial score (nSPS) is 50.7. The van der Waals surface area contributed by atoms with E-state index in [0.717, 1.165) is 58.0 Å². The minimum absolute atomic E-state index is 0.0144. The van der Waals surface area contributed by atoms with Gasteiger partial charge in [0, 0.05) is 18.4 Å². The third kappa shape index (κ3) is 5.05. The molecule has 8 fully saturated rings. The van der Waals surface area contributed by atoms with Gasteiger partial charge in [-0.3, -0.25) is 4.79 Å². The van der Waals surface area contributed by atoms with Crippen molar-refractivity contribution in [3.8, 4) is 0 Å². The van der Waals surface area contributed by atoms with Gasteiger partial charge in [-0.1, -0.05) is 34.6 Å². The summed E-state index contributed by atoms with van der Waals surface area (Å²) in [7, 11) is 0. The number of fused-ring (bicyclic) bond motifs is 4. The second kappa shape index (κ2) is 12.1. The Balaban J connectivity index is 0.974. The fourth-order valence-electron chi connectivity index (χ4n) is 14.8. The Labute approximate surface area is 300 Å². The first-order chi connectivity index (χ1) is 23.5. The van der Waals surface area contributed by atoms with Crippen LogP contribution < -0.4 is 5.32 Å². The maximum absolute atomic E-state index is 13.3. The van der Waals surface area contributed by atoms with Gasteiger partial charge in [-0.25, -0.2) is 0 Å². The number of morpholine rings is 1. The molecule has 50 heavy (non-hydrogen) atoms. The van der Waals surface area contributed by atoms with Crippen LogP contribution in [0.1, 0.15) is 119 Å². The lowest BCUT2D eigenvalue weighted by Gasteiger charge is -2.64. The van der Waals surface area contributed by atoms with Crippen LogP contribution in [0.5, 0.6) is 0 Å². The van der Waals surface area contributed by atoms with Crippen molar-refractivity contribution in [2.75, 3.05) is 32.8 Å². The summed E-state index contributed by atoms with van der Waals surface area (Å²) in [4.78, 5) is 15.3. The molecule has 9 nitrogen and oxygen atoms in total. The average Bonchev–Trinajstić information content (AvgIpc) is 3.70. The fraction of sp³-hybridized carbons (Fsp3) is 0.976. The molecular formula is C41H68N2O7. The van der Waals surface area contributed by atoms with Gasteiger partial charge in [-0.05, 0) is 142 Å². The zero-order valence-electron chi connectivity index (χ0n) is 32.1. The lowest BCUT2D eigenvalue weighted by atomic mass is 9.41. The summed E-state index contributed by atoms with van der Waals surface area (Å²) in [5.41, 5.74) is -1.05. The number of nitrogens with zero attached hydrogens (tertiary/aromatic N) is 1. The van der Waals surface area contributed by atoms with Crippen molar-refractivity contribution >= 4 is 5.91 Å². The molecule has 0 radical (unpaired) electrons. The Hall–Kier alpha value is -0.810. The Morgan fingerprint density at radius 1 is 1.02 bits per heavy atom. The van der Waals surface area contributed by atoms with Gasteiger partial charge in [0.2, 0.25) is 5.91 Å². The number of carbonyl (C=O) groups is 1. The molecule has 8 aliphatic rings. The van der Waals surface area contributed by atoms with E-state index in [4.69, 9.17) is 14.2 Å². The number of hydrogen-bond donors (Lipinski definition) is 4. The highest BCUT2D eigenvalue weighted by Gasteiger charge is 2.84. The molecular weight excluding hydrogens is 632 g/mol. The third-order valence-electron chi connectivity index (χ3n) is 17.5. The first-order valence-corrected chi connectivity index (χ1v) is 20.5. The molecule has 5 aliphatic carbocycles. The predicted octanol–water partition coefficient (Wildman–Crippen LogP) is 4.89. The number of ether oxygens (including phenoxy) is 3. The first kappa shape index (κ1) is 36.2. The molecule has 0 aromatic rings. The number of rotatable bonds is 6. The molecule has 9 heteroatoms. The number of aliphatic hydroxyl groups is 3. The lowest BCUT2D eigenvalue weighted by Crippen LogP contribution is -2.60. The first-order valence-electron chi connectivity index (χ1n) is 20.5. The van der Waals surface area contributed by atoms with E-state index in [2.05, 4.69) is 39.9 Å². The predicted molar refractivity (Wildman–Crippen MR) is 190 cm³/mol. The van der Waals surface area contributed by atoms with Crippen molar-refractivity contribution in [1.82, 2.24) is 10.2 Å². The third-order valence-corrected chi connectivity index (χ3v) is 17.5. The lowest BCUT2D eigenvalue weighted by molar-refractivity contribution is -0.248. The highest BCUT2D eigenvalue weighted by molar-refractivity contribution is 5.76. The van der Waals surface area contributed by atoms with Crippen molar-refractivity contribution in [2.24, 2.45) is 56.7 Å². The van der Waals surface area contributed by atoms with Crippen molar-refractivity contribution in [1.29, 1.82) is 0 Å². The summed E-state index contributed by atoms with van der Waals surface area (Å²) in [6.45, 7) is 19.1. The summed E-state index contributed by atoms with van der Waals surface area (Å²) in [6.07, 6.45) is 8.88. The van der Waals surface area contributed by atoms with Crippen molar-refractivity contribution < 1.29 is 34.3 Å². The Morgan fingerprint density at radius 2 is 1.72 bits per heavy atom. The van der Waals surface area contributed by atoms with E-state index < -0.39 is 23.9 Å². The average molecular weight is 701 g/mol. The van der Waals surface area contributed by atoms with E-state index in [1.54, 1.807) is 13.8 Å². The van der Waals surface area contributed by atoms with Gasteiger partial charge in [0.15, 0.2) is 6.29 Å². The van der Waals surface area contributed by atoms with Crippen molar-refractivity contribution in [3.63, 3.8) is 0 Å². The largest absolute Gasteiger partial charge is 0.390 e. The number of nitrogens with one attached hydrogen (secondary N) is 1. The summed E-state index contributed by atoms with van der Waals surface area (Å²) >= 11 is 0.